The average Bonchev–Trinajstić information content (AvgIpc) is 2.13. The molecule has 0 saturated heterocycles. The number of nitrogens with zero attached hydrogens (tertiary/aromatic N) is 1. The Morgan fingerprint density at radius 2 is 2.56 bits per heavy atom. The average molecular weight is 166 g/mol. The van der Waals surface area contributed by atoms with Crippen molar-refractivity contribution in [2.75, 3.05) is 0 Å². The van der Waals surface area contributed by atoms with Crippen LogP contribution in [0.25, 0.3) is 0 Å². The van der Waals surface area contributed by atoms with Crippen molar-refractivity contribution in [1.29, 1.82) is 0 Å². The summed E-state index contributed by atoms with van der Waals surface area (Å²) < 4.78 is 20.3. The van der Waals surface area contributed by atoms with Crippen molar-refractivity contribution in [3.05, 3.63) is 11.5 Å². The third-order valence-electron chi connectivity index (χ3n) is 0.728. The molecule has 0 spiro atoms. The number of H-pyrrole nitrogens is 1. The first-order valence-corrected chi connectivity index (χ1v) is 3.45. The van der Waals surface area contributed by atoms with Crippen LogP contribution in [0.3, 0.4) is 0 Å². The summed E-state index contributed by atoms with van der Waals surface area (Å²) >= 11 is 2.99. The summed E-state index contributed by atoms with van der Waals surface area (Å²) in [6.07, 6.45) is 1.22. The lowest BCUT2D eigenvalue weighted by Gasteiger charge is -1.98. The topological polar surface area (TPSA) is 68.8 Å². The summed E-state index contributed by atoms with van der Waals surface area (Å²) in [5.41, 5.74) is 0. The molecule has 50 valence electrons. The third-order valence-corrected chi connectivity index (χ3v) is 1.77. The van der Waals surface area contributed by atoms with Crippen molar-refractivity contribution in [3.63, 3.8) is 0 Å². The van der Waals surface area contributed by atoms with Crippen LogP contribution in [0, 0.1) is 0 Å². The standard InChI is InChI=1S/C3H3ClN2O2S/c4-2-3(9(7)8)6-1-5-2/h1H,(H,5,6)(H,7,8)/p-1. The number of aromatic amines is 1. The summed E-state index contributed by atoms with van der Waals surface area (Å²) in [5.74, 6) is 0. The molecule has 0 amide bonds. The van der Waals surface area contributed by atoms with E-state index in [9.17, 15) is 8.76 Å². The monoisotopic (exact) mass is 165 g/mol. The molecule has 0 radical (unpaired) electrons. The van der Waals surface area contributed by atoms with E-state index in [-0.39, 0.29) is 10.2 Å². The highest BCUT2D eigenvalue weighted by Crippen LogP contribution is 2.11. The highest BCUT2D eigenvalue weighted by Gasteiger charge is 1.99. The van der Waals surface area contributed by atoms with Crippen molar-refractivity contribution in [2.24, 2.45) is 0 Å². The minimum Gasteiger partial charge on any atom is -0.767 e. The molecule has 0 aromatic carbocycles. The van der Waals surface area contributed by atoms with Gasteiger partial charge in [0.2, 0.25) is 0 Å². The molecular formula is C3H2ClN2O2S-. The normalized spacial score (nSPS) is 13.6. The van der Waals surface area contributed by atoms with Crippen LogP contribution in [-0.2, 0) is 11.1 Å². The van der Waals surface area contributed by atoms with Crippen molar-refractivity contribution < 1.29 is 8.76 Å². The highest BCUT2D eigenvalue weighted by atomic mass is 35.5. The van der Waals surface area contributed by atoms with E-state index in [1.807, 2.05) is 0 Å². The van der Waals surface area contributed by atoms with Gasteiger partial charge in [0.1, 0.15) is 5.03 Å². The van der Waals surface area contributed by atoms with Gasteiger partial charge in [-0.25, -0.2) is 4.98 Å². The van der Waals surface area contributed by atoms with Gasteiger partial charge < -0.3 is 9.54 Å². The number of hydrogen-bond donors (Lipinski definition) is 1. The zero-order valence-electron chi connectivity index (χ0n) is 4.13. The fourth-order valence-corrected chi connectivity index (χ4v) is 1.01. The zero-order chi connectivity index (χ0) is 6.85. The summed E-state index contributed by atoms with van der Waals surface area (Å²) in [6.45, 7) is 0. The lowest BCUT2D eigenvalue weighted by molar-refractivity contribution is 0.534. The van der Waals surface area contributed by atoms with E-state index in [2.05, 4.69) is 9.97 Å². The van der Waals surface area contributed by atoms with Gasteiger partial charge >= 0.3 is 0 Å². The Hall–Kier alpha value is -0.390. The van der Waals surface area contributed by atoms with E-state index in [1.165, 1.54) is 6.33 Å². The fraction of sp³-hybridized carbons (Fsp3) is 0. The number of nitrogens with one attached hydrogen (secondary N) is 1. The van der Waals surface area contributed by atoms with Crippen LogP contribution < -0.4 is 0 Å². The van der Waals surface area contributed by atoms with Gasteiger partial charge in [-0.3, -0.25) is 4.21 Å². The molecule has 1 aromatic rings. The summed E-state index contributed by atoms with van der Waals surface area (Å²) in [4.78, 5) is 5.80. The summed E-state index contributed by atoms with van der Waals surface area (Å²) in [5, 5.41) is -0.0972. The smallest absolute Gasteiger partial charge is 0.162 e. The molecule has 1 unspecified atom stereocenters. The van der Waals surface area contributed by atoms with E-state index >= 15 is 0 Å². The number of aromatic nitrogens is 2. The van der Waals surface area contributed by atoms with E-state index in [0.29, 0.717) is 0 Å². The van der Waals surface area contributed by atoms with E-state index in [0.717, 1.165) is 0 Å². The van der Waals surface area contributed by atoms with E-state index in [1.54, 1.807) is 0 Å². The first kappa shape index (κ1) is 6.73. The van der Waals surface area contributed by atoms with E-state index < -0.39 is 11.1 Å². The Morgan fingerprint density at radius 1 is 1.89 bits per heavy atom. The molecular weight excluding hydrogens is 164 g/mol. The number of imidazole rings is 1. The second-order valence-electron chi connectivity index (χ2n) is 1.26. The van der Waals surface area contributed by atoms with Crippen LogP contribution in [0.15, 0.2) is 11.4 Å². The van der Waals surface area contributed by atoms with Crippen LogP contribution in [0.4, 0.5) is 0 Å². The third kappa shape index (κ3) is 1.29. The first-order chi connectivity index (χ1) is 4.22. The van der Waals surface area contributed by atoms with E-state index in [4.69, 9.17) is 11.6 Å². The minimum atomic E-state index is -2.31. The number of halogens is 1. The lowest BCUT2D eigenvalue weighted by atomic mass is 10.9. The molecule has 6 heteroatoms. The fourth-order valence-electron chi connectivity index (χ4n) is 0.383. The van der Waals surface area contributed by atoms with Gasteiger partial charge in [-0.05, 0) is 11.1 Å². The van der Waals surface area contributed by atoms with Gasteiger partial charge in [-0.1, -0.05) is 11.6 Å². The predicted molar refractivity (Wildman–Crippen MR) is 30.8 cm³/mol. The number of hydrogen-bond acceptors (Lipinski definition) is 3. The Morgan fingerprint density at radius 3 is 2.78 bits per heavy atom. The SMILES string of the molecule is O=S([O-])c1[nH]cnc1Cl. The van der Waals surface area contributed by atoms with Crippen LogP contribution >= 0.6 is 11.6 Å². The molecule has 1 N–H and O–H groups in total. The van der Waals surface area contributed by atoms with Crippen molar-refractivity contribution >= 4 is 22.7 Å². The molecule has 0 saturated carbocycles. The van der Waals surface area contributed by atoms with Crippen molar-refractivity contribution in [3.8, 4) is 0 Å². The molecule has 1 aromatic heterocycles. The van der Waals surface area contributed by atoms with Crippen LogP contribution in [0.5, 0.6) is 0 Å². The Balaban J connectivity index is 3.08. The van der Waals surface area contributed by atoms with Gasteiger partial charge in [0.25, 0.3) is 0 Å². The van der Waals surface area contributed by atoms with Crippen molar-refractivity contribution in [2.45, 2.75) is 5.03 Å². The van der Waals surface area contributed by atoms with Crippen LogP contribution in [-0.4, -0.2) is 18.7 Å². The lowest BCUT2D eigenvalue weighted by Crippen LogP contribution is -1.88. The van der Waals surface area contributed by atoms with Crippen LogP contribution in [0.1, 0.15) is 0 Å². The second-order valence-corrected chi connectivity index (χ2v) is 2.49. The largest absolute Gasteiger partial charge is 0.767 e. The van der Waals surface area contributed by atoms with Gasteiger partial charge in [0.15, 0.2) is 5.15 Å². The van der Waals surface area contributed by atoms with Gasteiger partial charge in [-0.15, -0.1) is 0 Å². The molecule has 0 bridgehead atoms. The Bertz CT molecular complexity index is 235. The van der Waals surface area contributed by atoms with Gasteiger partial charge in [0, 0.05) is 0 Å². The molecule has 1 atom stereocenters. The Labute approximate surface area is 58.5 Å². The molecule has 4 nitrogen and oxygen atoms in total. The molecule has 0 fully saturated rings. The summed E-state index contributed by atoms with van der Waals surface area (Å²) in [7, 11) is 0. The quantitative estimate of drug-likeness (QED) is 0.609. The Kier molecular flexibility index (Phi) is 1.84. The number of rotatable bonds is 1. The highest BCUT2D eigenvalue weighted by molar-refractivity contribution is 7.79. The van der Waals surface area contributed by atoms with Gasteiger partial charge in [0.05, 0.1) is 6.33 Å². The second kappa shape index (κ2) is 2.47. The molecule has 9 heavy (non-hydrogen) atoms. The predicted octanol–water partition coefficient (Wildman–Crippen LogP) is 0.301. The minimum absolute atomic E-state index is 0.0247. The molecule has 0 aliphatic heterocycles. The van der Waals surface area contributed by atoms with Crippen LogP contribution in [0.2, 0.25) is 5.15 Å². The maximum Gasteiger partial charge on any atom is 0.162 e. The summed E-state index contributed by atoms with van der Waals surface area (Å²) in [6, 6.07) is 0. The van der Waals surface area contributed by atoms with Crippen molar-refractivity contribution in [1.82, 2.24) is 9.97 Å². The maximum absolute atomic E-state index is 10.1. The van der Waals surface area contributed by atoms with Gasteiger partial charge in [-0.2, -0.15) is 0 Å². The maximum atomic E-state index is 10.1. The molecule has 0 aliphatic carbocycles. The zero-order valence-corrected chi connectivity index (χ0v) is 5.70. The molecule has 0 aliphatic rings. The first-order valence-electron chi connectivity index (χ1n) is 2.00. The molecule has 1 heterocycles. The molecule has 1 rings (SSSR count).